The van der Waals surface area contributed by atoms with E-state index < -0.39 is 20.7 Å². The van der Waals surface area contributed by atoms with Gasteiger partial charge in [-0.25, -0.2) is 8.42 Å². The highest BCUT2D eigenvalue weighted by atomic mass is 32.2. The molecular formula is C15H20N2O6S. The topological polar surface area (TPSA) is 99.0 Å². The maximum atomic E-state index is 12.8. The molecule has 1 spiro atoms. The second-order valence-corrected chi connectivity index (χ2v) is 8.86. The molecule has 0 aromatic heterocycles. The van der Waals surface area contributed by atoms with Crippen molar-refractivity contribution in [2.24, 2.45) is 5.41 Å². The molecule has 0 radical (unpaired) electrons. The van der Waals surface area contributed by atoms with Crippen LogP contribution in [-0.4, -0.2) is 49.7 Å². The molecule has 0 unspecified atom stereocenters. The van der Waals surface area contributed by atoms with Crippen LogP contribution in [0.5, 0.6) is 0 Å². The zero-order valence-corrected chi connectivity index (χ0v) is 14.6. The van der Waals surface area contributed by atoms with Crippen molar-refractivity contribution in [3.8, 4) is 0 Å². The molecule has 0 saturated carbocycles. The van der Waals surface area contributed by atoms with Crippen LogP contribution in [0.3, 0.4) is 0 Å². The van der Waals surface area contributed by atoms with Crippen LogP contribution in [0.4, 0.5) is 5.69 Å². The Hall–Kier alpha value is -1.55. The van der Waals surface area contributed by atoms with Crippen LogP contribution in [0.1, 0.15) is 19.4 Å². The molecule has 2 aliphatic heterocycles. The number of benzene rings is 1. The monoisotopic (exact) mass is 356 g/mol. The number of ether oxygens (including phenoxy) is 2. The van der Waals surface area contributed by atoms with Gasteiger partial charge in [-0.15, -0.1) is 0 Å². The fraction of sp³-hybridized carbons (Fsp3) is 0.600. The van der Waals surface area contributed by atoms with E-state index in [2.05, 4.69) is 0 Å². The number of nitrogens with zero attached hydrogens (tertiary/aromatic N) is 2. The van der Waals surface area contributed by atoms with Gasteiger partial charge in [-0.3, -0.25) is 10.1 Å². The maximum absolute atomic E-state index is 12.8. The Morgan fingerprint density at radius 3 is 2.33 bits per heavy atom. The lowest BCUT2D eigenvalue weighted by Crippen LogP contribution is -2.65. The third-order valence-corrected chi connectivity index (χ3v) is 6.41. The first kappa shape index (κ1) is 17.3. The van der Waals surface area contributed by atoms with E-state index >= 15 is 0 Å². The van der Waals surface area contributed by atoms with E-state index in [4.69, 9.17) is 9.47 Å². The summed E-state index contributed by atoms with van der Waals surface area (Å²) >= 11 is 0. The number of rotatable bonds is 3. The van der Waals surface area contributed by atoms with Crippen molar-refractivity contribution in [1.82, 2.24) is 4.31 Å². The van der Waals surface area contributed by atoms with Gasteiger partial charge in [-0.1, -0.05) is 6.07 Å². The van der Waals surface area contributed by atoms with Crippen molar-refractivity contribution in [3.05, 3.63) is 33.9 Å². The Kier molecular flexibility index (Phi) is 3.95. The van der Waals surface area contributed by atoms with Gasteiger partial charge >= 0.3 is 0 Å². The smallest absolute Gasteiger partial charge is 0.270 e. The van der Waals surface area contributed by atoms with Crippen molar-refractivity contribution >= 4 is 15.7 Å². The first-order chi connectivity index (χ1) is 11.0. The Bertz CT molecular complexity index is 771. The fourth-order valence-corrected chi connectivity index (χ4v) is 4.82. The lowest BCUT2D eigenvalue weighted by atomic mass is 9.82. The van der Waals surface area contributed by atoms with Gasteiger partial charge in [0.1, 0.15) is 0 Å². The molecule has 2 heterocycles. The Balaban J connectivity index is 1.79. The van der Waals surface area contributed by atoms with Gasteiger partial charge in [0.2, 0.25) is 10.0 Å². The van der Waals surface area contributed by atoms with Gasteiger partial charge in [0.25, 0.3) is 5.69 Å². The van der Waals surface area contributed by atoms with Crippen molar-refractivity contribution in [3.63, 3.8) is 0 Å². The average molecular weight is 356 g/mol. The molecule has 3 rings (SSSR count). The quantitative estimate of drug-likeness (QED) is 0.603. The minimum atomic E-state index is -3.78. The molecule has 2 saturated heterocycles. The number of nitro groups is 1. The van der Waals surface area contributed by atoms with Crippen molar-refractivity contribution in [1.29, 1.82) is 0 Å². The van der Waals surface area contributed by atoms with E-state index in [9.17, 15) is 18.5 Å². The molecule has 2 fully saturated rings. The van der Waals surface area contributed by atoms with Gasteiger partial charge in [0, 0.05) is 30.6 Å². The molecule has 9 heteroatoms. The van der Waals surface area contributed by atoms with E-state index in [-0.39, 0.29) is 29.1 Å². The molecule has 0 amide bonds. The lowest BCUT2D eigenvalue weighted by molar-refractivity contribution is -0.385. The van der Waals surface area contributed by atoms with Crippen LogP contribution >= 0.6 is 0 Å². The number of sulfonamides is 1. The normalized spacial score (nSPS) is 23.0. The highest BCUT2D eigenvalue weighted by molar-refractivity contribution is 7.89. The van der Waals surface area contributed by atoms with E-state index in [1.165, 1.54) is 16.4 Å². The van der Waals surface area contributed by atoms with Crippen molar-refractivity contribution < 1.29 is 22.8 Å². The van der Waals surface area contributed by atoms with E-state index in [0.29, 0.717) is 18.8 Å². The number of non-ortho nitro benzene ring substituents is 1. The summed E-state index contributed by atoms with van der Waals surface area (Å²) in [5.74, 6) is -0.652. The van der Waals surface area contributed by atoms with Crippen LogP contribution in [0, 0.1) is 22.5 Å². The van der Waals surface area contributed by atoms with Crippen LogP contribution in [0.25, 0.3) is 0 Å². The van der Waals surface area contributed by atoms with Gasteiger partial charge in [0.05, 0.1) is 23.0 Å². The molecule has 0 atom stereocenters. The first-order valence-corrected chi connectivity index (χ1v) is 9.02. The average Bonchev–Trinajstić information content (AvgIpc) is 2.45. The summed E-state index contributed by atoms with van der Waals surface area (Å²) in [5.41, 5.74) is -0.0867. The predicted octanol–water partition coefficient (Wildman–Crippen LogP) is 1.68. The first-order valence-electron chi connectivity index (χ1n) is 7.58. The standard InChI is InChI=1S/C15H20N2O6S/c1-11-4-5-12(17(18)19)6-13(11)24(20,21)16-7-15(8-16)9-22-14(2,3)23-10-15/h4-6H,7-10H2,1-3H3. The molecule has 8 nitrogen and oxygen atoms in total. The summed E-state index contributed by atoms with van der Waals surface area (Å²) < 4.78 is 38.2. The molecule has 0 bridgehead atoms. The maximum Gasteiger partial charge on any atom is 0.270 e. The molecule has 132 valence electrons. The van der Waals surface area contributed by atoms with Gasteiger partial charge < -0.3 is 9.47 Å². The van der Waals surface area contributed by atoms with Crippen LogP contribution in [0.2, 0.25) is 0 Å². The van der Waals surface area contributed by atoms with E-state index in [1.807, 2.05) is 13.8 Å². The van der Waals surface area contributed by atoms with Gasteiger partial charge in [0.15, 0.2) is 5.79 Å². The molecule has 1 aromatic rings. The van der Waals surface area contributed by atoms with E-state index in [1.54, 1.807) is 6.92 Å². The van der Waals surface area contributed by atoms with Crippen molar-refractivity contribution in [2.45, 2.75) is 31.5 Å². The largest absolute Gasteiger partial charge is 0.350 e. The highest BCUT2D eigenvalue weighted by Gasteiger charge is 2.52. The molecule has 0 aliphatic carbocycles. The lowest BCUT2D eigenvalue weighted by Gasteiger charge is -2.53. The predicted molar refractivity (Wildman–Crippen MR) is 85.0 cm³/mol. The van der Waals surface area contributed by atoms with Crippen LogP contribution in [-0.2, 0) is 19.5 Å². The van der Waals surface area contributed by atoms with Crippen molar-refractivity contribution in [2.75, 3.05) is 26.3 Å². The van der Waals surface area contributed by atoms with Crippen LogP contribution < -0.4 is 0 Å². The summed E-state index contributed by atoms with van der Waals surface area (Å²) in [7, 11) is -3.78. The summed E-state index contributed by atoms with van der Waals surface area (Å²) in [5, 5.41) is 10.9. The third-order valence-electron chi connectivity index (χ3n) is 4.48. The summed E-state index contributed by atoms with van der Waals surface area (Å²) in [6.07, 6.45) is 0. The minimum absolute atomic E-state index is 0.0236. The summed E-state index contributed by atoms with van der Waals surface area (Å²) in [6, 6.07) is 3.87. The number of nitro benzene ring substituents is 1. The zero-order chi connectivity index (χ0) is 17.8. The number of hydrogen-bond donors (Lipinski definition) is 0. The highest BCUT2D eigenvalue weighted by Crippen LogP contribution is 2.40. The molecule has 1 aromatic carbocycles. The number of hydrogen-bond acceptors (Lipinski definition) is 6. The Morgan fingerprint density at radius 2 is 1.79 bits per heavy atom. The summed E-state index contributed by atoms with van der Waals surface area (Å²) in [4.78, 5) is 10.3. The third kappa shape index (κ3) is 2.92. The Morgan fingerprint density at radius 1 is 1.21 bits per heavy atom. The second kappa shape index (κ2) is 5.48. The summed E-state index contributed by atoms with van der Waals surface area (Å²) in [6.45, 7) is 6.70. The van der Waals surface area contributed by atoms with Gasteiger partial charge in [-0.05, 0) is 26.3 Å². The Labute approximate surface area is 140 Å². The van der Waals surface area contributed by atoms with Gasteiger partial charge in [-0.2, -0.15) is 4.31 Å². The molecular weight excluding hydrogens is 336 g/mol. The SMILES string of the molecule is Cc1ccc([N+](=O)[O-])cc1S(=O)(=O)N1CC2(COC(C)(C)OC2)C1. The molecule has 24 heavy (non-hydrogen) atoms. The second-order valence-electron chi connectivity index (χ2n) is 6.96. The molecule has 0 N–H and O–H groups in total. The minimum Gasteiger partial charge on any atom is -0.350 e. The zero-order valence-electron chi connectivity index (χ0n) is 13.8. The molecule has 2 aliphatic rings. The van der Waals surface area contributed by atoms with E-state index in [0.717, 1.165) is 6.07 Å². The fourth-order valence-electron chi connectivity index (χ4n) is 2.91. The number of aryl methyl sites for hydroxylation is 1. The van der Waals surface area contributed by atoms with Crippen LogP contribution in [0.15, 0.2) is 23.1 Å².